The predicted molar refractivity (Wildman–Crippen MR) is 86.5 cm³/mol. The number of phenols is 2. The van der Waals surface area contributed by atoms with Crippen LogP contribution in [-0.2, 0) is 9.53 Å². The van der Waals surface area contributed by atoms with Gasteiger partial charge in [0.25, 0.3) is 11.6 Å². The molecule has 26 heavy (non-hydrogen) atoms. The molecule has 0 fully saturated rings. The van der Waals surface area contributed by atoms with Gasteiger partial charge < -0.3 is 20.3 Å². The summed E-state index contributed by atoms with van der Waals surface area (Å²) < 4.78 is 4.73. The monoisotopic (exact) mass is 357 g/mol. The lowest BCUT2D eigenvalue weighted by Crippen LogP contribution is -2.21. The molecule has 0 radical (unpaired) electrons. The first kappa shape index (κ1) is 18.2. The number of amides is 1. The van der Waals surface area contributed by atoms with Crippen molar-refractivity contribution in [3.63, 3.8) is 0 Å². The Hall–Kier alpha value is -4.13. The van der Waals surface area contributed by atoms with E-state index >= 15 is 0 Å². The summed E-state index contributed by atoms with van der Waals surface area (Å²) in [6.07, 6.45) is 0. The van der Waals surface area contributed by atoms with Crippen molar-refractivity contribution in [3.05, 3.63) is 57.6 Å². The highest BCUT2D eigenvalue weighted by Crippen LogP contribution is 2.23. The second-order valence-corrected chi connectivity index (χ2v) is 4.92. The van der Waals surface area contributed by atoms with E-state index in [1.165, 1.54) is 6.07 Å². The van der Waals surface area contributed by atoms with Gasteiger partial charge in [0, 0.05) is 18.2 Å². The number of benzene rings is 2. The molecule has 132 valence electrons. The van der Waals surface area contributed by atoms with Crippen LogP contribution in [0.2, 0.25) is 0 Å². The molecule has 2 aromatic carbocycles. The van der Waals surface area contributed by atoms with E-state index in [0.29, 0.717) is 0 Å². The van der Waals surface area contributed by atoms with Crippen molar-refractivity contribution in [3.8, 4) is 17.6 Å². The maximum Gasteiger partial charge on any atom is 0.342 e. The van der Waals surface area contributed by atoms with Gasteiger partial charge in [-0.15, -0.1) is 0 Å². The Morgan fingerprint density at radius 3 is 2.58 bits per heavy atom. The van der Waals surface area contributed by atoms with Crippen LogP contribution in [0.3, 0.4) is 0 Å². The largest absolute Gasteiger partial charge is 0.508 e. The van der Waals surface area contributed by atoms with Gasteiger partial charge in [0.15, 0.2) is 6.61 Å². The van der Waals surface area contributed by atoms with Crippen molar-refractivity contribution in [2.24, 2.45) is 0 Å². The van der Waals surface area contributed by atoms with Gasteiger partial charge in [-0.3, -0.25) is 14.9 Å². The van der Waals surface area contributed by atoms with Crippen LogP contribution >= 0.6 is 0 Å². The molecule has 2 aromatic rings. The zero-order valence-corrected chi connectivity index (χ0v) is 13.0. The molecular formula is C16H11N3O7. The SMILES string of the molecule is N#Cc1cc([N+](=O)[O-])ccc1NC(=O)COC(=O)c1ccc(O)cc1O. The standard InChI is InChI=1S/C16H11N3O7/c17-7-9-5-10(19(24)25)1-4-13(9)18-15(22)8-26-16(23)12-3-2-11(20)6-14(12)21/h1-6,20-21H,8H2,(H,18,22). The second-order valence-electron chi connectivity index (χ2n) is 4.92. The minimum atomic E-state index is -0.998. The van der Waals surface area contributed by atoms with E-state index in [2.05, 4.69) is 5.32 Å². The van der Waals surface area contributed by atoms with Crippen LogP contribution in [0.1, 0.15) is 15.9 Å². The number of esters is 1. The maximum atomic E-state index is 11.8. The summed E-state index contributed by atoms with van der Waals surface area (Å²) in [5.41, 5.74) is -0.667. The van der Waals surface area contributed by atoms with Gasteiger partial charge in [0.1, 0.15) is 23.1 Å². The Bertz CT molecular complexity index is 934. The predicted octanol–water partition coefficient (Wildman–Crippen LogP) is 1.67. The average Bonchev–Trinajstić information content (AvgIpc) is 2.59. The number of aromatic hydroxyl groups is 2. The third-order valence-electron chi connectivity index (χ3n) is 3.14. The number of carbonyl (C=O) groups excluding carboxylic acids is 2. The quantitative estimate of drug-likeness (QED) is 0.413. The first-order valence-corrected chi connectivity index (χ1v) is 6.99. The summed E-state index contributed by atoms with van der Waals surface area (Å²) in [4.78, 5) is 33.6. The van der Waals surface area contributed by atoms with Crippen molar-refractivity contribution >= 4 is 23.3 Å². The number of phenolic OH excluding ortho intramolecular Hbond substituents is 2. The molecule has 0 atom stereocenters. The lowest BCUT2D eigenvalue weighted by molar-refractivity contribution is -0.384. The number of carbonyl (C=O) groups is 2. The van der Waals surface area contributed by atoms with Gasteiger partial charge in [-0.05, 0) is 18.2 Å². The fraction of sp³-hybridized carbons (Fsp3) is 0.0625. The summed E-state index contributed by atoms with van der Waals surface area (Å²) in [5, 5.41) is 40.7. The van der Waals surface area contributed by atoms with Crippen molar-refractivity contribution in [2.75, 3.05) is 11.9 Å². The number of nitrogens with one attached hydrogen (secondary N) is 1. The smallest absolute Gasteiger partial charge is 0.342 e. The third-order valence-corrected chi connectivity index (χ3v) is 3.14. The lowest BCUT2D eigenvalue weighted by Gasteiger charge is -2.08. The van der Waals surface area contributed by atoms with E-state index in [0.717, 1.165) is 30.3 Å². The third kappa shape index (κ3) is 4.24. The molecular weight excluding hydrogens is 346 g/mol. The van der Waals surface area contributed by atoms with Gasteiger partial charge in [0.05, 0.1) is 16.2 Å². The zero-order valence-electron chi connectivity index (χ0n) is 13.0. The first-order chi connectivity index (χ1) is 12.3. The van der Waals surface area contributed by atoms with E-state index in [1.54, 1.807) is 6.07 Å². The molecule has 2 rings (SSSR count). The second kappa shape index (κ2) is 7.63. The van der Waals surface area contributed by atoms with Crippen LogP contribution in [0.5, 0.6) is 11.5 Å². The highest BCUT2D eigenvalue weighted by molar-refractivity contribution is 5.97. The zero-order chi connectivity index (χ0) is 19.3. The van der Waals surface area contributed by atoms with Gasteiger partial charge in [0.2, 0.25) is 0 Å². The highest BCUT2D eigenvalue weighted by atomic mass is 16.6. The van der Waals surface area contributed by atoms with Gasteiger partial charge in [-0.25, -0.2) is 4.79 Å². The van der Waals surface area contributed by atoms with E-state index in [9.17, 15) is 24.8 Å². The van der Waals surface area contributed by atoms with E-state index in [4.69, 9.17) is 15.1 Å². The number of hydrogen-bond donors (Lipinski definition) is 3. The minimum Gasteiger partial charge on any atom is -0.508 e. The van der Waals surface area contributed by atoms with Gasteiger partial charge in [-0.2, -0.15) is 5.26 Å². The number of nitro groups is 1. The molecule has 0 spiro atoms. The van der Waals surface area contributed by atoms with Crippen LogP contribution < -0.4 is 5.32 Å². The van der Waals surface area contributed by atoms with E-state index in [-0.39, 0.29) is 28.3 Å². The molecule has 0 bridgehead atoms. The average molecular weight is 357 g/mol. The number of nitriles is 1. The van der Waals surface area contributed by atoms with Crippen molar-refractivity contribution in [1.29, 1.82) is 5.26 Å². The molecule has 0 aliphatic heterocycles. The Morgan fingerprint density at radius 2 is 1.96 bits per heavy atom. The Kier molecular flexibility index (Phi) is 5.34. The fourth-order valence-corrected chi connectivity index (χ4v) is 1.94. The lowest BCUT2D eigenvalue weighted by atomic mass is 10.1. The highest BCUT2D eigenvalue weighted by Gasteiger charge is 2.16. The summed E-state index contributed by atoms with van der Waals surface area (Å²) in [7, 11) is 0. The molecule has 0 aromatic heterocycles. The van der Waals surface area contributed by atoms with Crippen molar-refractivity contribution in [2.45, 2.75) is 0 Å². The first-order valence-electron chi connectivity index (χ1n) is 6.99. The molecule has 0 aliphatic rings. The normalized spacial score (nSPS) is 9.81. The molecule has 3 N–H and O–H groups in total. The summed E-state index contributed by atoms with van der Waals surface area (Å²) >= 11 is 0. The number of ether oxygens (including phenoxy) is 1. The summed E-state index contributed by atoms with van der Waals surface area (Å²) in [6.45, 7) is -0.721. The van der Waals surface area contributed by atoms with Crippen molar-refractivity contribution in [1.82, 2.24) is 0 Å². The van der Waals surface area contributed by atoms with Gasteiger partial charge in [-0.1, -0.05) is 0 Å². The maximum absolute atomic E-state index is 11.8. The Balaban J connectivity index is 2.02. The summed E-state index contributed by atoms with van der Waals surface area (Å²) in [6, 6.07) is 8.22. The Labute approximate surface area is 146 Å². The molecule has 10 nitrogen and oxygen atoms in total. The van der Waals surface area contributed by atoms with Crippen molar-refractivity contribution < 1.29 is 29.5 Å². The van der Waals surface area contributed by atoms with E-state index in [1.807, 2.05) is 0 Å². The van der Waals surface area contributed by atoms with Crippen LogP contribution in [0.4, 0.5) is 11.4 Å². The number of anilines is 1. The molecule has 10 heteroatoms. The van der Waals surface area contributed by atoms with Crippen LogP contribution in [0.25, 0.3) is 0 Å². The van der Waals surface area contributed by atoms with Crippen LogP contribution in [-0.4, -0.2) is 33.6 Å². The molecule has 0 aliphatic carbocycles. The fourth-order valence-electron chi connectivity index (χ4n) is 1.94. The van der Waals surface area contributed by atoms with Crippen LogP contribution in [0.15, 0.2) is 36.4 Å². The molecule has 0 heterocycles. The molecule has 0 saturated heterocycles. The van der Waals surface area contributed by atoms with Gasteiger partial charge >= 0.3 is 5.97 Å². The van der Waals surface area contributed by atoms with E-state index < -0.39 is 29.2 Å². The number of hydrogen-bond acceptors (Lipinski definition) is 8. The molecule has 0 unspecified atom stereocenters. The minimum absolute atomic E-state index is 0.0200. The Morgan fingerprint density at radius 1 is 1.23 bits per heavy atom. The van der Waals surface area contributed by atoms with Crippen LogP contribution in [0, 0.1) is 21.4 Å². The number of non-ortho nitro benzene ring substituents is 1. The number of nitro benzene ring substituents is 1. The topological polar surface area (TPSA) is 163 Å². The summed E-state index contributed by atoms with van der Waals surface area (Å²) in [5.74, 6) is -2.56. The molecule has 0 saturated carbocycles. The number of nitrogens with zero attached hydrogens (tertiary/aromatic N) is 2. The molecule has 1 amide bonds. The number of rotatable bonds is 5.